The highest BCUT2D eigenvalue weighted by atomic mass is 16.5. The van der Waals surface area contributed by atoms with E-state index in [9.17, 15) is 4.79 Å². The number of carbonyl (C=O) groups is 1. The van der Waals surface area contributed by atoms with Crippen LogP contribution in [-0.4, -0.2) is 50.2 Å². The summed E-state index contributed by atoms with van der Waals surface area (Å²) in [5.74, 6) is 0.138. The van der Waals surface area contributed by atoms with Crippen LogP contribution in [0.25, 0.3) is 0 Å². The van der Waals surface area contributed by atoms with Gasteiger partial charge in [-0.2, -0.15) is 0 Å². The van der Waals surface area contributed by atoms with Gasteiger partial charge in [-0.15, -0.1) is 0 Å². The molecule has 0 aromatic heterocycles. The van der Waals surface area contributed by atoms with Gasteiger partial charge in [-0.25, -0.2) is 0 Å². The van der Waals surface area contributed by atoms with Crippen LogP contribution in [0.15, 0.2) is 0 Å². The van der Waals surface area contributed by atoms with E-state index >= 15 is 0 Å². The molecule has 1 N–H and O–H groups in total. The third-order valence-corrected chi connectivity index (χ3v) is 2.11. The van der Waals surface area contributed by atoms with Crippen molar-refractivity contribution in [3.05, 3.63) is 0 Å². The highest BCUT2D eigenvalue weighted by Crippen LogP contribution is 2.03. The van der Waals surface area contributed by atoms with Crippen LogP contribution in [0.1, 0.15) is 6.92 Å². The molecule has 1 rings (SSSR count). The summed E-state index contributed by atoms with van der Waals surface area (Å²) in [6, 6.07) is 0.209. The molecule has 0 radical (unpaired) electrons. The van der Waals surface area contributed by atoms with Gasteiger partial charge in [-0.3, -0.25) is 4.79 Å². The van der Waals surface area contributed by atoms with E-state index in [2.05, 4.69) is 5.32 Å². The normalized spacial score (nSPS) is 24.2. The number of ether oxygens (including phenoxy) is 1. The van der Waals surface area contributed by atoms with E-state index in [1.807, 2.05) is 4.90 Å². The molecule has 1 heterocycles. The number of carbonyl (C=O) groups excluding carboxylic acids is 1. The van der Waals surface area contributed by atoms with Crippen molar-refractivity contribution in [3.63, 3.8) is 0 Å². The zero-order chi connectivity index (χ0) is 8.97. The quantitative estimate of drug-likeness (QED) is 0.608. The Morgan fingerprint density at radius 2 is 2.50 bits per heavy atom. The van der Waals surface area contributed by atoms with Crippen LogP contribution in [0.5, 0.6) is 0 Å². The number of piperazine rings is 1. The van der Waals surface area contributed by atoms with Gasteiger partial charge in [0.2, 0.25) is 5.91 Å². The Labute approximate surface area is 72.9 Å². The number of hydrogen-bond acceptors (Lipinski definition) is 3. The standard InChI is InChI=1S/C8H16N2O2/c1-7(11)10-4-3-9-5-8(10)6-12-2/h8-9H,3-6H2,1-2H3/t8-/m0/s1. The molecule has 0 saturated carbocycles. The lowest BCUT2D eigenvalue weighted by Crippen LogP contribution is -2.54. The van der Waals surface area contributed by atoms with Gasteiger partial charge in [-0.1, -0.05) is 0 Å². The average Bonchev–Trinajstić information content (AvgIpc) is 2.05. The van der Waals surface area contributed by atoms with Gasteiger partial charge in [0, 0.05) is 33.7 Å². The summed E-state index contributed by atoms with van der Waals surface area (Å²) in [5, 5.41) is 3.23. The molecule has 0 unspecified atom stereocenters. The Morgan fingerprint density at radius 1 is 1.75 bits per heavy atom. The Kier molecular flexibility index (Phi) is 3.49. The maximum Gasteiger partial charge on any atom is 0.219 e. The molecule has 0 aromatic rings. The molecule has 70 valence electrons. The second-order valence-corrected chi connectivity index (χ2v) is 3.03. The predicted molar refractivity (Wildman–Crippen MR) is 45.9 cm³/mol. The van der Waals surface area contributed by atoms with Crippen molar-refractivity contribution < 1.29 is 9.53 Å². The molecule has 4 heteroatoms. The van der Waals surface area contributed by atoms with Crippen molar-refractivity contribution >= 4 is 5.91 Å². The molecule has 1 amide bonds. The topological polar surface area (TPSA) is 41.6 Å². The lowest BCUT2D eigenvalue weighted by Gasteiger charge is -2.35. The van der Waals surface area contributed by atoms with Crippen LogP contribution < -0.4 is 5.32 Å². The fraction of sp³-hybridized carbons (Fsp3) is 0.875. The highest BCUT2D eigenvalue weighted by molar-refractivity contribution is 5.73. The van der Waals surface area contributed by atoms with Gasteiger partial charge < -0.3 is 15.0 Å². The lowest BCUT2D eigenvalue weighted by molar-refractivity contribution is -0.133. The number of nitrogens with one attached hydrogen (secondary N) is 1. The van der Waals surface area contributed by atoms with Gasteiger partial charge in [0.05, 0.1) is 12.6 Å². The van der Waals surface area contributed by atoms with Crippen molar-refractivity contribution in [3.8, 4) is 0 Å². The Balaban J connectivity index is 2.48. The van der Waals surface area contributed by atoms with E-state index < -0.39 is 0 Å². The Morgan fingerprint density at radius 3 is 3.08 bits per heavy atom. The highest BCUT2D eigenvalue weighted by Gasteiger charge is 2.23. The summed E-state index contributed by atoms with van der Waals surface area (Å²) in [7, 11) is 1.66. The number of amides is 1. The molecule has 1 aliphatic heterocycles. The van der Waals surface area contributed by atoms with Gasteiger partial charge in [0.25, 0.3) is 0 Å². The van der Waals surface area contributed by atoms with Crippen molar-refractivity contribution in [2.24, 2.45) is 0 Å². The van der Waals surface area contributed by atoms with Crippen molar-refractivity contribution in [2.45, 2.75) is 13.0 Å². The third kappa shape index (κ3) is 2.19. The van der Waals surface area contributed by atoms with E-state index in [1.54, 1.807) is 14.0 Å². The number of hydrogen-bond donors (Lipinski definition) is 1. The summed E-state index contributed by atoms with van der Waals surface area (Å²) < 4.78 is 5.03. The van der Waals surface area contributed by atoms with Crippen LogP contribution in [0, 0.1) is 0 Å². The van der Waals surface area contributed by atoms with Crippen molar-refractivity contribution in [1.82, 2.24) is 10.2 Å². The zero-order valence-corrected chi connectivity index (χ0v) is 7.67. The van der Waals surface area contributed by atoms with Crippen LogP contribution >= 0.6 is 0 Å². The van der Waals surface area contributed by atoms with E-state index in [-0.39, 0.29) is 11.9 Å². The van der Waals surface area contributed by atoms with Crippen LogP contribution in [0.3, 0.4) is 0 Å². The fourth-order valence-electron chi connectivity index (χ4n) is 1.52. The van der Waals surface area contributed by atoms with E-state index in [1.165, 1.54) is 0 Å². The minimum atomic E-state index is 0.138. The summed E-state index contributed by atoms with van der Waals surface area (Å²) >= 11 is 0. The largest absolute Gasteiger partial charge is 0.382 e. The minimum Gasteiger partial charge on any atom is -0.382 e. The maximum absolute atomic E-state index is 11.1. The maximum atomic E-state index is 11.1. The first-order valence-corrected chi connectivity index (χ1v) is 4.22. The van der Waals surface area contributed by atoms with Gasteiger partial charge in [0.15, 0.2) is 0 Å². The van der Waals surface area contributed by atoms with E-state index in [0.717, 1.165) is 19.6 Å². The first kappa shape index (κ1) is 9.48. The van der Waals surface area contributed by atoms with Crippen LogP contribution in [0.4, 0.5) is 0 Å². The lowest BCUT2D eigenvalue weighted by atomic mass is 10.2. The molecular weight excluding hydrogens is 156 g/mol. The molecule has 12 heavy (non-hydrogen) atoms. The molecular formula is C8H16N2O2. The Hall–Kier alpha value is -0.610. The molecule has 0 aromatic carbocycles. The minimum absolute atomic E-state index is 0.138. The van der Waals surface area contributed by atoms with Gasteiger partial charge in [-0.05, 0) is 0 Å². The molecule has 4 nitrogen and oxygen atoms in total. The van der Waals surface area contributed by atoms with E-state index in [0.29, 0.717) is 6.61 Å². The fourth-order valence-corrected chi connectivity index (χ4v) is 1.52. The van der Waals surface area contributed by atoms with Crippen molar-refractivity contribution in [1.29, 1.82) is 0 Å². The van der Waals surface area contributed by atoms with Crippen molar-refractivity contribution in [2.75, 3.05) is 33.4 Å². The smallest absolute Gasteiger partial charge is 0.219 e. The molecule has 1 saturated heterocycles. The SMILES string of the molecule is COC[C@@H]1CNCCN1C(C)=O. The number of nitrogens with zero attached hydrogens (tertiary/aromatic N) is 1. The molecule has 0 spiro atoms. The number of rotatable bonds is 2. The zero-order valence-electron chi connectivity index (χ0n) is 7.67. The molecule has 0 bridgehead atoms. The molecule has 0 aliphatic carbocycles. The third-order valence-electron chi connectivity index (χ3n) is 2.11. The second kappa shape index (κ2) is 4.42. The average molecular weight is 172 g/mol. The van der Waals surface area contributed by atoms with Crippen LogP contribution in [0.2, 0.25) is 0 Å². The summed E-state index contributed by atoms with van der Waals surface area (Å²) in [4.78, 5) is 13.0. The monoisotopic (exact) mass is 172 g/mol. The summed E-state index contributed by atoms with van der Waals surface area (Å²) in [5.41, 5.74) is 0. The molecule has 1 atom stereocenters. The number of methoxy groups -OCH3 is 1. The predicted octanol–water partition coefficient (Wildman–Crippen LogP) is -0.547. The summed E-state index contributed by atoms with van der Waals surface area (Å²) in [6.07, 6.45) is 0. The van der Waals surface area contributed by atoms with Crippen LogP contribution in [-0.2, 0) is 9.53 Å². The first-order chi connectivity index (χ1) is 5.75. The molecule has 1 aliphatic rings. The molecule has 1 fully saturated rings. The summed E-state index contributed by atoms with van der Waals surface area (Å²) in [6.45, 7) is 4.75. The van der Waals surface area contributed by atoms with Gasteiger partial charge in [0.1, 0.15) is 0 Å². The Bertz CT molecular complexity index is 159. The second-order valence-electron chi connectivity index (χ2n) is 3.03. The van der Waals surface area contributed by atoms with E-state index in [4.69, 9.17) is 4.74 Å². The van der Waals surface area contributed by atoms with Gasteiger partial charge >= 0.3 is 0 Å². The first-order valence-electron chi connectivity index (χ1n) is 4.22.